The predicted octanol–water partition coefficient (Wildman–Crippen LogP) is 1.94. The lowest BCUT2D eigenvalue weighted by Gasteiger charge is -2.09. The molecular formula is C12H12ClF2NO4S. The number of amides is 1. The van der Waals surface area contributed by atoms with E-state index < -0.39 is 31.3 Å². The molecule has 0 aromatic heterocycles. The smallest absolute Gasteiger partial charge is 0.261 e. The van der Waals surface area contributed by atoms with Crippen LogP contribution in [0.25, 0.3) is 0 Å². The second-order valence-corrected chi connectivity index (χ2v) is 7.16. The molecule has 21 heavy (non-hydrogen) atoms. The van der Waals surface area contributed by atoms with Gasteiger partial charge in [-0.25, -0.2) is 17.2 Å². The lowest BCUT2D eigenvalue weighted by atomic mass is 10.3. The Morgan fingerprint density at radius 2 is 1.90 bits per heavy atom. The van der Waals surface area contributed by atoms with Gasteiger partial charge in [0.15, 0.2) is 17.4 Å². The van der Waals surface area contributed by atoms with Crippen molar-refractivity contribution in [1.82, 2.24) is 5.32 Å². The molecule has 0 atom stereocenters. The van der Waals surface area contributed by atoms with Crippen molar-refractivity contribution >= 4 is 25.6 Å². The van der Waals surface area contributed by atoms with Crippen LogP contribution in [0.4, 0.5) is 8.78 Å². The van der Waals surface area contributed by atoms with Gasteiger partial charge in [0.25, 0.3) is 9.05 Å². The van der Waals surface area contributed by atoms with E-state index in [1.54, 1.807) is 0 Å². The highest BCUT2D eigenvalue weighted by Crippen LogP contribution is 2.27. The number of rotatable bonds is 6. The molecule has 1 aliphatic rings. The minimum absolute atomic E-state index is 0.0507. The highest BCUT2D eigenvalue weighted by atomic mass is 35.7. The largest absolute Gasteiger partial charge is 0.487 e. The number of halogens is 3. The third kappa shape index (κ3) is 4.53. The van der Waals surface area contributed by atoms with Gasteiger partial charge in [0.1, 0.15) is 0 Å². The first-order valence-corrected chi connectivity index (χ1v) is 8.44. The number of hydrogen-bond acceptors (Lipinski definition) is 4. The Morgan fingerprint density at radius 3 is 2.38 bits per heavy atom. The molecule has 1 aromatic carbocycles. The van der Waals surface area contributed by atoms with Gasteiger partial charge in [-0.1, -0.05) is 0 Å². The molecule has 0 bridgehead atoms. The highest BCUT2D eigenvalue weighted by Gasteiger charge is 2.23. The van der Waals surface area contributed by atoms with Crippen LogP contribution in [0.15, 0.2) is 17.0 Å². The van der Waals surface area contributed by atoms with E-state index in [0.29, 0.717) is 12.1 Å². The average Bonchev–Trinajstić information content (AvgIpc) is 3.15. The second kappa shape index (κ2) is 6.15. The first-order valence-electron chi connectivity index (χ1n) is 6.13. The van der Waals surface area contributed by atoms with Gasteiger partial charge in [-0.3, -0.25) is 4.79 Å². The van der Waals surface area contributed by atoms with E-state index in [2.05, 4.69) is 5.32 Å². The van der Waals surface area contributed by atoms with Crippen LogP contribution in [0.2, 0.25) is 0 Å². The molecule has 1 aliphatic carbocycles. The SMILES string of the molecule is O=C(CCOc1c(F)cc(S(=O)(=O)Cl)cc1F)NC1CC1. The van der Waals surface area contributed by atoms with Crippen LogP contribution in [0.5, 0.6) is 5.75 Å². The van der Waals surface area contributed by atoms with Crippen molar-refractivity contribution < 1.29 is 26.7 Å². The Labute approximate surface area is 124 Å². The summed E-state index contributed by atoms with van der Waals surface area (Å²) in [5.41, 5.74) is 0. The molecule has 0 spiro atoms. The van der Waals surface area contributed by atoms with Gasteiger partial charge in [0, 0.05) is 16.7 Å². The summed E-state index contributed by atoms with van der Waals surface area (Å²) in [7, 11) is 0.768. The van der Waals surface area contributed by atoms with Crippen LogP contribution in [-0.4, -0.2) is 27.0 Å². The second-order valence-electron chi connectivity index (χ2n) is 4.59. The molecule has 1 N–H and O–H groups in total. The van der Waals surface area contributed by atoms with Gasteiger partial charge < -0.3 is 10.1 Å². The molecule has 1 saturated carbocycles. The Bertz CT molecular complexity index is 638. The van der Waals surface area contributed by atoms with Crippen molar-refractivity contribution in [3.05, 3.63) is 23.8 Å². The standard InChI is InChI=1S/C12H12ClF2NO4S/c13-21(18,19)8-5-9(14)12(10(15)6-8)20-4-3-11(17)16-7-1-2-7/h5-7H,1-4H2,(H,16,17). The van der Waals surface area contributed by atoms with E-state index in [9.17, 15) is 22.0 Å². The zero-order chi connectivity index (χ0) is 15.6. The summed E-state index contributed by atoms with van der Waals surface area (Å²) in [6, 6.07) is 1.31. The van der Waals surface area contributed by atoms with Crippen LogP contribution in [-0.2, 0) is 13.8 Å². The molecule has 1 fully saturated rings. The fraction of sp³-hybridized carbons (Fsp3) is 0.417. The third-order valence-electron chi connectivity index (χ3n) is 2.77. The highest BCUT2D eigenvalue weighted by molar-refractivity contribution is 8.13. The molecule has 0 saturated heterocycles. The summed E-state index contributed by atoms with van der Waals surface area (Å²) >= 11 is 0. The molecule has 0 heterocycles. The third-order valence-corrected chi connectivity index (χ3v) is 4.10. The molecule has 1 amide bonds. The summed E-state index contributed by atoms with van der Waals surface area (Å²) in [4.78, 5) is 10.7. The van der Waals surface area contributed by atoms with Gasteiger partial charge in [-0.05, 0) is 25.0 Å². The summed E-state index contributed by atoms with van der Waals surface area (Å²) < 4.78 is 54.1. The van der Waals surface area contributed by atoms with Crippen molar-refractivity contribution in [3.63, 3.8) is 0 Å². The first kappa shape index (κ1) is 16.0. The van der Waals surface area contributed by atoms with Gasteiger partial charge in [-0.15, -0.1) is 0 Å². The molecular weight excluding hydrogens is 328 g/mol. The monoisotopic (exact) mass is 339 g/mol. The molecule has 0 radical (unpaired) electrons. The lowest BCUT2D eigenvalue weighted by Crippen LogP contribution is -2.26. The van der Waals surface area contributed by atoms with Crippen LogP contribution in [0.3, 0.4) is 0 Å². The maximum atomic E-state index is 13.6. The van der Waals surface area contributed by atoms with Crippen LogP contribution < -0.4 is 10.1 Å². The van der Waals surface area contributed by atoms with Crippen molar-refractivity contribution in [2.45, 2.75) is 30.2 Å². The lowest BCUT2D eigenvalue weighted by molar-refractivity contribution is -0.121. The Kier molecular flexibility index (Phi) is 4.67. The summed E-state index contributed by atoms with van der Waals surface area (Å²) in [6.07, 6.45) is 1.82. The molecule has 0 unspecified atom stereocenters. The van der Waals surface area contributed by atoms with Crippen LogP contribution in [0.1, 0.15) is 19.3 Å². The van der Waals surface area contributed by atoms with E-state index >= 15 is 0 Å². The summed E-state index contributed by atoms with van der Waals surface area (Å²) in [5, 5.41) is 2.70. The average molecular weight is 340 g/mol. The fourth-order valence-electron chi connectivity index (χ4n) is 1.59. The molecule has 1 aromatic rings. The molecule has 2 rings (SSSR count). The van der Waals surface area contributed by atoms with E-state index in [0.717, 1.165) is 12.8 Å². The number of ether oxygens (including phenoxy) is 1. The molecule has 5 nitrogen and oxygen atoms in total. The number of benzene rings is 1. The topological polar surface area (TPSA) is 72.5 Å². The van der Waals surface area contributed by atoms with Crippen molar-refractivity contribution in [1.29, 1.82) is 0 Å². The van der Waals surface area contributed by atoms with Crippen LogP contribution >= 0.6 is 10.7 Å². The van der Waals surface area contributed by atoms with Gasteiger partial charge in [-0.2, -0.15) is 0 Å². The molecule has 9 heteroatoms. The van der Waals surface area contributed by atoms with E-state index in [1.807, 2.05) is 0 Å². The number of hydrogen-bond donors (Lipinski definition) is 1. The van der Waals surface area contributed by atoms with Gasteiger partial charge in [0.05, 0.1) is 17.9 Å². The zero-order valence-electron chi connectivity index (χ0n) is 10.7. The Balaban J connectivity index is 1.98. The predicted molar refractivity (Wildman–Crippen MR) is 70.7 cm³/mol. The van der Waals surface area contributed by atoms with Gasteiger partial charge >= 0.3 is 0 Å². The summed E-state index contributed by atoms with van der Waals surface area (Å²) in [5.74, 6) is -3.40. The van der Waals surface area contributed by atoms with Crippen molar-refractivity contribution in [2.24, 2.45) is 0 Å². The Hall–Kier alpha value is -1.41. The molecule has 116 valence electrons. The number of nitrogens with one attached hydrogen (secondary N) is 1. The van der Waals surface area contributed by atoms with Crippen LogP contribution in [0, 0.1) is 11.6 Å². The minimum Gasteiger partial charge on any atom is -0.487 e. The minimum atomic E-state index is -4.23. The normalized spacial score (nSPS) is 14.8. The maximum Gasteiger partial charge on any atom is 0.261 e. The Morgan fingerprint density at radius 1 is 1.33 bits per heavy atom. The van der Waals surface area contributed by atoms with E-state index in [-0.39, 0.29) is 25.0 Å². The maximum absolute atomic E-state index is 13.6. The number of carbonyl (C=O) groups excluding carboxylic acids is 1. The van der Waals surface area contributed by atoms with E-state index in [1.165, 1.54) is 0 Å². The number of carbonyl (C=O) groups is 1. The first-order chi connectivity index (χ1) is 9.77. The molecule has 0 aliphatic heterocycles. The fourth-order valence-corrected chi connectivity index (χ4v) is 2.34. The van der Waals surface area contributed by atoms with E-state index in [4.69, 9.17) is 15.4 Å². The quantitative estimate of drug-likeness (QED) is 0.804. The van der Waals surface area contributed by atoms with Crippen molar-refractivity contribution in [3.8, 4) is 5.75 Å². The zero-order valence-corrected chi connectivity index (χ0v) is 12.3. The summed E-state index contributed by atoms with van der Waals surface area (Å²) in [6.45, 7) is -0.223. The van der Waals surface area contributed by atoms with Crippen molar-refractivity contribution in [2.75, 3.05) is 6.61 Å². The van der Waals surface area contributed by atoms with Gasteiger partial charge in [0.2, 0.25) is 5.91 Å².